The van der Waals surface area contributed by atoms with Crippen molar-refractivity contribution in [3.05, 3.63) is 83.4 Å². The van der Waals surface area contributed by atoms with E-state index in [4.69, 9.17) is 0 Å². The Morgan fingerprint density at radius 2 is 1.26 bits per heavy atom. The molecule has 0 aliphatic carbocycles. The second-order valence-corrected chi connectivity index (χ2v) is 5.73. The van der Waals surface area contributed by atoms with Crippen LogP contribution in [0.3, 0.4) is 0 Å². The Hall–Kier alpha value is -2.48. The molecule has 0 amide bonds. The Morgan fingerprint density at radius 1 is 0.696 bits per heavy atom. The van der Waals surface area contributed by atoms with Crippen molar-refractivity contribution in [2.75, 3.05) is 0 Å². The number of aryl methyl sites for hydroxylation is 2. The highest BCUT2D eigenvalue weighted by atomic mass is 19.1. The summed E-state index contributed by atoms with van der Waals surface area (Å²) in [5.74, 6) is -0.670. The lowest BCUT2D eigenvalue weighted by Gasteiger charge is -2.09. The topological polar surface area (TPSA) is 0 Å². The summed E-state index contributed by atoms with van der Waals surface area (Å²) in [5.41, 5.74) is 4.39. The monoisotopic (exact) mass is 308 g/mol. The van der Waals surface area contributed by atoms with Crippen LogP contribution in [0.15, 0.2) is 60.7 Å². The van der Waals surface area contributed by atoms with Crippen LogP contribution in [0.5, 0.6) is 0 Å². The lowest BCUT2D eigenvalue weighted by Crippen LogP contribution is -1.90. The van der Waals surface area contributed by atoms with Crippen molar-refractivity contribution in [2.24, 2.45) is 0 Å². The van der Waals surface area contributed by atoms with Crippen molar-refractivity contribution >= 4 is 0 Å². The van der Waals surface area contributed by atoms with Gasteiger partial charge in [0.15, 0.2) is 0 Å². The highest BCUT2D eigenvalue weighted by molar-refractivity contribution is 5.71. The smallest absolute Gasteiger partial charge is 0.131 e. The first-order chi connectivity index (χ1) is 11.1. The molecule has 3 rings (SSSR count). The van der Waals surface area contributed by atoms with Gasteiger partial charge in [-0.3, -0.25) is 0 Å². The van der Waals surface area contributed by atoms with Gasteiger partial charge in [-0.2, -0.15) is 0 Å². The lowest BCUT2D eigenvalue weighted by molar-refractivity contribution is 0.626. The van der Waals surface area contributed by atoms with E-state index in [9.17, 15) is 8.78 Å². The molecule has 0 saturated heterocycles. The van der Waals surface area contributed by atoms with Crippen molar-refractivity contribution in [3.8, 4) is 22.3 Å². The molecule has 3 aromatic rings. The van der Waals surface area contributed by atoms with Crippen molar-refractivity contribution in [1.29, 1.82) is 0 Å². The summed E-state index contributed by atoms with van der Waals surface area (Å²) in [6.45, 7) is 3.91. The number of halogens is 2. The first kappa shape index (κ1) is 15.4. The molecule has 0 bridgehead atoms. The number of hydrogen-bond acceptors (Lipinski definition) is 0. The van der Waals surface area contributed by atoms with Crippen molar-refractivity contribution < 1.29 is 8.78 Å². The van der Waals surface area contributed by atoms with E-state index in [0.29, 0.717) is 16.7 Å². The standard InChI is InChI=1S/C21H18F2/c1-3-15-5-7-16(8-6-15)18-11-9-17(13-21(18)23)19-10-4-14(2)12-20(19)22/h4-13H,3H2,1-2H3. The largest absolute Gasteiger partial charge is 0.206 e. The molecular weight excluding hydrogens is 290 g/mol. The average Bonchev–Trinajstić information content (AvgIpc) is 2.55. The molecule has 0 fully saturated rings. The first-order valence-corrected chi connectivity index (χ1v) is 7.74. The maximum absolute atomic E-state index is 14.5. The molecular formula is C21H18F2. The van der Waals surface area contributed by atoms with Gasteiger partial charge in [0.2, 0.25) is 0 Å². The van der Waals surface area contributed by atoms with Crippen LogP contribution in [0.4, 0.5) is 8.78 Å². The zero-order valence-electron chi connectivity index (χ0n) is 13.2. The Bertz CT molecular complexity index is 833. The van der Waals surface area contributed by atoms with Gasteiger partial charge in [-0.05, 0) is 47.7 Å². The van der Waals surface area contributed by atoms with E-state index >= 15 is 0 Å². The first-order valence-electron chi connectivity index (χ1n) is 7.74. The molecule has 0 aliphatic rings. The molecule has 23 heavy (non-hydrogen) atoms. The summed E-state index contributed by atoms with van der Waals surface area (Å²) in [6, 6.07) is 17.7. The minimum atomic E-state index is -0.341. The Morgan fingerprint density at radius 3 is 1.87 bits per heavy atom. The second kappa shape index (κ2) is 6.33. The zero-order valence-corrected chi connectivity index (χ0v) is 13.2. The normalized spacial score (nSPS) is 10.8. The highest BCUT2D eigenvalue weighted by Crippen LogP contribution is 2.29. The second-order valence-electron chi connectivity index (χ2n) is 5.73. The molecule has 0 atom stereocenters. The van der Waals surface area contributed by atoms with Gasteiger partial charge < -0.3 is 0 Å². The summed E-state index contributed by atoms with van der Waals surface area (Å²) in [4.78, 5) is 0. The average molecular weight is 308 g/mol. The number of benzene rings is 3. The summed E-state index contributed by atoms with van der Waals surface area (Å²) in [6.07, 6.45) is 0.953. The van der Waals surface area contributed by atoms with Crippen molar-refractivity contribution in [1.82, 2.24) is 0 Å². The molecule has 0 aliphatic heterocycles. The Kier molecular flexibility index (Phi) is 4.24. The maximum Gasteiger partial charge on any atom is 0.131 e. The van der Waals surface area contributed by atoms with E-state index in [1.54, 1.807) is 18.2 Å². The molecule has 0 radical (unpaired) electrons. The summed E-state index contributed by atoms with van der Waals surface area (Å²) >= 11 is 0. The summed E-state index contributed by atoms with van der Waals surface area (Å²) in [5, 5.41) is 0. The van der Waals surface area contributed by atoms with E-state index in [2.05, 4.69) is 6.92 Å². The fourth-order valence-electron chi connectivity index (χ4n) is 2.69. The van der Waals surface area contributed by atoms with Crippen LogP contribution in [0.1, 0.15) is 18.1 Å². The maximum atomic E-state index is 14.5. The molecule has 2 heteroatoms. The van der Waals surface area contributed by atoms with E-state index in [0.717, 1.165) is 17.5 Å². The minimum Gasteiger partial charge on any atom is -0.206 e. The van der Waals surface area contributed by atoms with Crippen molar-refractivity contribution in [2.45, 2.75) is 20.3 Å². The van der Waals surface area contributed by atoms with E-state index in [-0.39, 0.29) is 11.6 Å². The molecule has 0 saturated carbocycles. The summed E-state index contributed by atoms with van der Waals surface area (Å²) in [7, 11) is 0. The van der Waals surface area contributed by atoms with E-state index in [1.165, 1.54) is 17.7 Å². The molecule has 0 nitrogen and oxygen atoms in total. The van der Waals surface area contributed by atoms with Crippen LogP contribution >= 0.6 is 0 Å². The van der Waals surface area contributed by atoms with Gasteiger partial charge in [0.25, 0.3) is 0 Å². The third-order valence-corrected chi connectivity index (χ3v) is 4.08. The fourth-order valence-corrected chi connectivity index (χ4v) is 2.69. The SMILES string of the molecule is CCc1ccc(-c2ccc(-c3ccc(C)cc3F)cc2F)cc1. The van der Waals surface area contributed by atoms with Crippen molar-refractivity contribution in [3.63, 3.8) is 0 Å². The quantitative estimate of drug-likeness (QED) is 0.543. The Labute approximate surface area is 135 Å². The predicted octanol–water partition coefficient (Wildman–Crippen LogP) is 6.17. The third kappa shape index (κ3) is 3.16. The van der Waals surface area contributed by atoms with Gasteiger partial charge in [-0.15, -0.1) is 0 Å². The predicted molar refractivity (Wildman–Crippen MR) is 91.3 cm³/mol. The Balaban J connectivity index is 2.00. The van der Waals surface area contributed by atoms with Crippen LogP contribution in [-0.4, -0.2) is 0 Å². The lowest BCUT2D eigenvalue weighted by atomic mass is 9.98. The minimum absolute atomic E-state index is 0.329. The molecule has 0 spiro atoms. The summed E-state index contributed by atoms with van der Waals surface area (Å²) < 4.78 is 28.5. The zero-order chi connectivity index (χ0) is 16.4. The molecule has 0 unspecified atom stereocenters. The highest BCUT2D eigenvalue weighted by Gasteiger charge is 2.10. The third-order valence-electron chi connectivity index (χ3n) is 4.08. The molecule has 3 aromatic carbocycles. The van der Waals surface area contributed by atoms with Gasteiger partial charge in [-0.1, -0.05) is 55.5 Å². The van der Waals surface area contributed by atoms with Gasteiger partial charge >= 0.3 is 0 Å². The van der Waals surface area contributed by atoms with Gasteiger partial charge in [0, 0.05) is 11.1 Å². The van der Waals surface area contributed by atoms with Crippen LogP contribution < -0.4 is 0 Å². The van der Waals surface area contributed by atoms with E-state index < -0.39 is 0 Å². The molecule has 0 N–H and O–H groups in total. The number of rotatable bonds is 3. The number of hydrogen-bond donors (Lipinski definition) is 0. The molecule has 0 aromatic heterocycles. The van der Waals surface area contributed by atoms with Crippen LogP contribution in [0, 0.1) is 18.6 Å². The van der Waals surface area contributed by atoms with Crippen LogP contribution in [-0.2, 0) is 6.42 Å². The molecule has 116 valence electrons. The van der Waals surface area contributed by atoms with Gasteiger partial charge in [-0.25, -0.2) is 8.78 Å². The fraction of sp³-hybridized carbons (Fsp3) is 0.143. The van der Waals surface area contributed by atoms with Crippen LogP contribution in [0.2, 0.25) is 0 Å². The van der Waals surface area contributed by atoms with Crippen LogP contribution in [0.25, 0.3) is 22.3 Å². The van der Waals surface area contributed by atoms with Gasteiger partial charge in [0.1, 0.15) is 11.6 Å². The van der Waals surface area contributed by atoms with Gasteiger partial charge in [0.05, 0.1) is 0 Å². The van der Waals surface area contributed by atoms with E-state index in [1.807, 2.05) is 37.3 Å². The molecule has 0 heterocycles.